The first-order valence-electron chi connectivity index (χ1n) is 9.23. The van der Waals surface area contributed by atoms with Crippen LogP contribution in [0.25, 0.3) is 0 Å². The largest absolute Gasteiger partial charge is 0.493 e. The monoisotopic (exact) mass is 481 g/mol. The number of carbonyl (C=O) groups is 2. The Morgan fingerprint density at radius 1 is 0.903 bits per heavy atom. The van der Waals surface area contributed by atoms with Crippen molar-refractivity contribution in [2.24, 2.45) is 5.10 Å². The van der Waals surface area contributed by atoms with Crippen LogP contribution in [0.5, 0.6) is 11.5 Å². The van der Waals surface area contributed by atoms with Crippen molar-refractivity contribution in [1.82, 2.24) is 5.43 Å². The predicted octanol–water partition coefficient (Wildman–Crippen LogP) is 4.48. The maximum Gasteiger partial charge on any atom is 0.273 e. The second kappa shape index (κ2) is 10.4. The number of anilines is 1. The first kappa shape index (κ1) is 22.0. The summed E-state index contributed by atoms with van der Waals surface area (Å²) in [5.74, 6) is 0.0828. The molecule has 7 nitrogen and oxygen atoms in total. The van der Waals surface area contributed by atoms with Crippen LogP contribution in [0, 0.1) is 0 Å². The van der Waals surface area contributed by atoms with Crippen molar-refractivity contribution >= 4 is 39.6 Å². The molecule has 8 heteroatoms. The standard InChI is InChI=1S/C23H20BrN3O4/c1-30-20-11-8-16(12-21(20)31-2)22(28)26-19-10-9-17(24)13-18(19)23(29)27-25-14-15-6-4-3-5-7-15/h3-14H,1-2H3,(H,26,28)(H,27,29). The zero-order valence-corrected chi connectivity index (χ0v) is 18.5. The molecule has 0 saturated carbocycles. The molecular weight excluding hydrogens is 462 g/mol. The molecule has 0 spiro atoms. The summed E-state index contributed by atoms with van der Waals surface area (Å²) in [5, 5.41) is 6.75. The molecule has 3 rings (SSSR count). The van der Waals surface area contributed by atoms with Crippen LogP contribution >= 0.6 is 15.9 Å². The van der Waals surface area contributed by atoms with Gasteiger partial charge in [-0.3, -0.25) is 9.59 Å². The minimum Gasteiger partial charge on any atom is -0.493 e. The van der Waals surface area contributed by atoms with Crippen molar-refractivity contribution in [3.63, 3.8) is 0 Å². The van der Waals surface area contributed by atoms with Gasteiger partial charge < -0.3 is 14.8 Å². The Hall–Kier alpha value is -3.65. The molecule has 31 heavy (non-hydrogen) atoms. The summed E-state index contributed by atoms with van der Waals surface area (Å²) in [5.41, 5.74) is 4.29. The van der Waals surface area contributed by atoms with Crippen LogP contribution in [0.1, 0.15) is 26.3 Å². The van der Waals surface area contributed by atoms with Gasteiger partial charge in [-0.2, -0.15) is 5.10 Å². The number of carbonyl (C=O) groups excluding carboxylic acids is 2. The maximum absolute atomic E-state index is 12.8. The molecule has 0 aliphatic carbocycles. The molecule has 158 valence electrons. The van der Waals surface area contributed by atoms with Gasteiger partial charge in [0.2, 0.25) is 0 Å². The average molecular weight is 482 g/mol. The maximum atomic E-state index is 12.8. The van der Waals surface area contributed by atoms with Crippen LogP contribution in [0.2, 0.25) is 0 Å². The number of methoxy groups -OCH3 is 2. The Morgan fingerprint density at radius 2 is 1.65 bits per heavy atom. The van der Waals surface area contributed by atoms with Crippen LogP contribution in [0.4, 0.5) is 5.69 Å². The number of amides is 2. The van der Waals surface area contributed by atoms with Gasteiger partial charge in [0, 0.05) is 10.0 Å². The molecule has 0 fully saturated rings. The lowest BCUT2D eigenvalue weighted by atomic mass is 10.1. The van der Waals surface area contributed by atoms with Crippen LogP contribution < -0.4 is 20.2 Å². The Bertz CT molecular complexity index is 1120. The minimum atomic E-state index is -0.462. The molecule has 0 radical (unpaired) electrons. The highest BCUT2D eigenvalue weighted by molar-refractivity contribution is 9.10. The summed E-state index contributed by atoms with van der Waals surface area (Å²) in [6.45, 7) is 0. The van der Waals surface area contributed by atoms with E-state index >= 15 is 0 Å². The van der Waals surface area contributed by atoms with Crippen molar-refractivity contribution < 1.29 is 19.1 Å². The summed E-state index contributed by atoms with van der Waals surface area (Å²) >= 11 is 3.35. The van der Waals surface area contributed by atoms with Crippen molar-refractivity contribution in [2.45, 2.75) is 0 Å². The summed E-state index contributed by atoms with van der Waals surface area (Å²) < 4.78 is 11.1. The van der Waals surface area contributed by atoms with Crippen molar-refractivity contribution in [2.75, 3.05) is 19.5 Å². The first-order valence-corrected chi connectivity index (χ1v) is 10.0. The van der Waals surface area contributed by atoms with Gasteiger partial charge in [0.05, 0.1) is 31.7 Å². The number of hydrogen-bond acceptors (Lipinski definition) is 5. The molecule has 0 atom stereocenters. The van der Waals surface area contributed by atoms with E-state index in [1.54, 1.807) is 36.4 Å². The highest BCUT2D eigenvalue weighted by Crippen LogP contribution is 2.28. The van der Waals surface area contributed by atoms with E-state index in [4.69, 9.17) is 9.47 Å². The van der Waals surface area contributed by atoms with Crippen molar-refractivity contribution in [1.29, 1.82) is 0 Å². The Balaban J connectivity index is 1.78. The van der Waals surface area contributed by atoms with Gasteiger partial charge in [0.15, 0.2) is 11.5 Å². The van der Waals surface area contributed by atoms with Crippen LogP contribution in [0.15, 0.2) is 76.3 Å². The Kier molecular flexibility index (Phi) is 7.40. The van der Waals surface area contributed by atoms with E-state index in [0.717, 1.165) is 5.56 Å². The second-order valence-electron chi connectivity index (χ2n) is 6.32. The van der Waals surface area contributed by atoms with Gasteiger partial charge in [-0.1, -0.05) is 46.3 Å². The van der Waals surface area contributed by atoms with E-state index in [1.807, 2.05) is 30.3 Å². The summed E-state index contributed by atoms with van der Waals surface area (Å²) in [6.07, 6.45) is 1.54. The fourth-order valence-corrected chi connectivity index (χ4v) is 3.11. The fraction of sp³-hybridized carbons (Fsp3) is 0.0870. The van der Waals surface area contributed by atoms with E-state index in [1.165, 1.54) is 20.4 Å². The topological polar surface area (TPSA) is 89.0 Å². The van der Waals surface area contributed by atoms with E-state index in [9.17, 15) is 9.59 Å². The van der Waals surface area contributed by atoms with Crippen LogP contribution in [-0.4, -0.2) is 32.2 Å². The smallest absolute Gasteiger partial charge is 0.273 e. The lowest BCUT2D eigenvalue weighted by Gasteiger charge is -2.12. The third-order valence-electron chi connectivity index (χ3n) is 4.30. The fourth-order valence-electron chi connectivity index (χ4n) is 2.75. The van der Waals surface area contributed by atoms with Gasteiger partial charge in [0.25, 0.3) is 11.8 Å². The molecule has 0 aromatic heterocycles. The first-order chi connectivity index (χ1) is 15.0. The molecular formula is C23H20BrN3O4. The van der Waals surface area contributed by atoms with Gasteiger partial charge in [-0.05, 0) is 42.0 Å². The van der Waals surface area contributed by atoms with Gasteiger partial charge >= 0.3 is 0 Å². The molecule has 3 aromatic rings. The summed E-state index contributed by atoms with van der Waals surface area (Å²) in [4.78, 5) is 25.4. The summed E-state index contributed by atoms with van der Waals surface area (Å²) in [6, 6.07) is 19.2. The van der Waals surface area contributed by atoms with Gasteiger partial charge in [0.1, 0.15) is 0 Å². The molecule has 0 bridgehead atoms. The van der Waals surface area contributed by atoms with Crippen molar-refractivity contribution in [3.05, 3.63) is 87.9 Å². The average Bonchev–Trinajstić information content (AvgIpc) is 2.80. The minimum absolute atomic E-state index is 0.258. The van der Waals surface area contributed by atoms with Gasteiger partial charge in [-0.15, -0.1) is 0 Å². The highest BCUT2D eigenvalue weighted by Gasteiger charge is 2.16. The Morgan fingerprint density at radius 3 is 2.35 bits per heavy atom. The van der Waals surface area contributed by atoms with Crippen LogP contribution in [-0.2, 0) is 0 Å². The van der Waals surface area contributed by atoms with Crippen LogP contribution in [0.3, 0.4) is 0 Å². The summed E-state index contributed by atoms with van der Waals surface area (Å²) in [7, 11) is 3.01. The number of hydrazone groups is 1. The highest BCUT2D eigenvalue weighted by atomic mass is 79.9. The van der Waals surface area contributed by atoms with Gasteiger partial charge in [-0.25, -0.2) is 5.43 Å². The van der Waals surface area contributed by atoms with E-state index < -0.39 is 11.8 Å². The molecule has 2 N–H and O–H groups in total. The third-order valence-corrected chi connectivity index (χ3v) is 4.79. The molecule has 0 saturated heterocycles. The predicted molar refractivity (Wildman–Crippen MR) is 123 cm³/mol. The SMILES string of the molecule is COc1ccc(C(=O)Nc2ccc(Br)cc2C(=O)NN=Cc2ccccc2)cc1OC. The number of hydrogen-bond donors (Lipinski definition) is 2. The number of rotatable bonds is 7. The third kappa shape index (κ3) is 5.70. The lowest BCUT2D eigenvalue weighted by molar-refractivity contribution is 0.0956. The quantitative estimate of drug-likeness (QED) is 0.384. The molecule has 0 unspecified atom stereocenters. The number of nitrogens with one attached hydrogen (secondary N) is 2. The molecule has 0 aliphatic rings. The van der Waals surface area contributed by atoms with E-state index in [-0.39, 0.29) is 5.56 Å². The normalized spacial score (nSPS) is 10.5. The van der Waals surface area contributed by atoms with Crippen molar-refractivity contribution in [3.8, 4) is 11.5 Å². The zero-order valence-electron chi connectivity index (χ0n) is 16.9. The van der Waals surface area contributed by atoms with E-state index in [0.29, 0.717) is 27.2 Å². The Labute approximate surface area is 188 Å². The molecule has 0 heterocycles. The number of benzene rings is 3. The zero-order chi connectivity index (χ0) is 22.2. The second-order valence-corrected chi connectivity index (χ2v) is 7.24. The number of ether oxygens (including phenoxy) is 2. The molecule has 0 aliphatic heterocycles. The van der Waals surface area contributed by atoms with E-state index in [2.05, 4.69) is 31.8 Å². The number of nitrogens with zero attached hydrogens (tertiary/aromatic N) is 1. The lowest BCUT2D eigenvalue weighted by Crippen LogP contribution is -2.21. The number of halogens is 1. The molecule has 3 aromatic carbocycles. The molecule has 2 amide bonds.